The maximum absolute atomic E-state index is 13.0. The van der Waals surface area contributed by atoms with Gasteiger partial charge in [-0.25, -0.2) is 9.59 Å². The van der Waals surface area contributed by atoms with Crippen molar-refractivity contribution in [3.05, 3.63) is 138 Å². The van der Waals surface area contributed by atoms with Gasteiger partial charge in [0.25, 0.3) is 0 Å². The molecule has 0 aliphatic carbocycles. The Balaban J connectivity index is 0.990. The number of aliphatic imine (C=N–C) groups is 1. The van der Waals surface area contributed by atoms with Crippen LogP contribution in [0.1, 0.15) is 149 Å². The van der Waals surface area contributed by atoms with E-state index in [1.165, 1.54) is 89.9 Å². The van der Waals surface area contributed by atoms with Crippen LogP contribution in [0.25, 0.3) is 0 Å². The summed E-state index contributed by atoms with van der Waals surface area (Å²) in [5.41, 5.74) is 3.67. The molecule has 0 N–H and O–H groups in total. The van der Waals surface area contributed by atoms with Crippen molar-refractivity contribution in [2.24, 2.45) is 15.2 Å². The van der Waals surface area contributed by atoms with Crippen molar-refractivity contribution < 1.29 is 28.5 Å². The molecule has 0 bridgehead atoms. The van der Waals surface area contributed by atoms with Gasteiger partial charge < -0.3 is 18.9 Å². The first-order valence-corrected chi connectivity index (χ1v) is 23.1. The number of azo groups is 1. The minimum Gasteiger partial charge on any atom is -0.494 e. The number of hydrogen-bond donors (Lipinski definition) is 0. The van der Waals surface area contributed by atoms with E-state index in [4.69, 9.17) is 18.9 Å². The summed E-state index contributed by atoms with van der Waals surface area (Å²) in [5, 5.41) is 8.74. The Morgan fingerprint density at radius 3 is 1.32 bits per heavy atom. The van der Waals surface area contributed by atoms with Crippen LogP contribution in [0.2, 0.25) is 0 Å². The highest BCUT2D eigenvalue weighted by atomic mass is 16.5. The molecule has 0 aromatic heterocycles. The molecule has 0 saturated carbocycles. The Bertz CT molecular complexity index is 2110. The third kappa shape index (κ3) is 18.8. The van der Waals surface area contributed by atoms with E-state index in [1.54, 1.807) is 72.9 Å². The molecule has 0 unspecified atom stereocenters. The van der Waals surface area contributed by atoms with E-state index in [0.717, 1.165) is 54.3 Å². The molecule has 0 saturated heterocycles. The quantitative estimate of drug-likeness (QED) is 0.0156. The van der Waals surface area contributed by atoms with E-state index in [1.807, 2.05) is 54.6 Å². The Morgan fingerprint density at radius 2 is 0.825 bits per heavy atom. The fourth-order valence-corrected chi connectivity index (χ4v) is 6.84. The number of unbranched alkanes of at least 4 members (excludes halogenated alkanes) is 15. The number of rotatable bonds is 29. The largest absolute Gasteiger partial charge is 0.494 e. The molecule has 0 fully saturated rings. The summed E-state index contributed by atoms with van der Waals surface area (Å²) >= 11 is 0. The Kier molecular flexibility index (Phi) is 21.7. The van der Waals surface area contributed by atoms with Crippen molar-refractivity contribution in [3.63, 3.8) is 0 Å². The lowest BCUT2D eigenvalue weighted by atomic mass is 10.1. The lowest BCUT2D eigenvalue weighted by molar-refractivity contribution is 0.0730. The molecule has 63 heavy (non-hydrogen) atoms. The number of ether oxygens (including phenoxy) is 4. The molecule has 0 aliphatic rings. The molecule has 5 aromatic carbocycles. The van der Waals surface area contributed by atoms with Crippen LogP contribution in [-0.2, 0) is 0 Å². The molecule has 0 aliphatic heterocycles. The SMILES string of the molecule is CCCCCCCCCCCCOc1ccc(N=Nc2ccc(N=Cc3cccc(OC(=O)c4ccc(OC(=O)c5ccc(OCCCCCCCCC)cc5)cc4)c3)cc2)cc1. The summed E-state index contributed by atoms with van der Waals surface area (Å²) in [4.78, 5) is 30.3. The molecule has 0 atom stereocenters. The highest BCUT2D eigenvalue weighted by Gasteiger charge is 2.13. The van der Waals surface area contributed by atoms with Crippen LogP contribution < -0.4 is 18.9 Å². The summed E-state index contributed by atoms with van der Waals surface area (Å²) in [5.74, 6) is 1.22. The van der Waals surface area contributed by atoms with Crippen LogP contribution >= 0.6 is 0 Å². The predicted molar refractivity (Wildman–Crippen MR) is 254 cm³/mol. The van der Waals surface area contributed by atoms with Gasteiger partial charge in [-0.05, 0) is 128 Å². The standard InChI is InChI=1S/C54H65N3O6/c1-3-5-7-9-11-12-13-15-17-19-40-61-50-37-31-48(32-38-50)57-56-47-29-27-46(28-30-47)55-42-43-21-20-22-52(41-43)63-54(59)45-25-35-51(36-26-45)62-53(58)44-23-33-49(34-24-44)60-39-18-16-14-10-8-6-4-2/h20-38,41-42H,3-19,39-40H2,1-2H3. The van der Waals surface area contributed by atoms with Gasteiger partial charge in [-0.3, -0.25) is 4.99 Å². The molecule has 5 rings (SSSR count). The van der Waals surface area contributed by atoms with Crippen molar-refractivity contribution in [3.8, 4) is 23.0 Å². The van der Waals surface area contributed by atoms with Gasteiger partial charge in [0, 0.05) is 6.21 Å². The van der Waals surface area contributed by atoms with Gasteiger partial charge in [0.1, 0.15) is 23.0 Å². The minimum atomic E-state index is -0.539. The molecule has 332 valence electrons. The van der Waals surface area contributed by atoms with Crippen molar-refractivity contribution in [2.75, 3.05) is 13.2 Å². The van der Waals surface area contributed by atoms with E-state index in [0.29, 0.717) is 34.9 Å². The second-order valence-electron chi connectivity index (χ2n) is 15.9. The van der Waals surface area contributed by atoms with Crippen molar-refractivity contribution >= 4 is 35.2 Å². The summed E-state index contributed by atoms with van der Waals surface area (Å²) < 4.78 is 22.9. The zero-order chi connectivity index (χ0) is 44.2. The molecular weight excluding hydrogens is 787 g/mol. The molecule has 9 heteroatoms. The fraction of sp³-hybridized carbons (Fsp3) is 0.389. The van der Waals surface area contributed by atoms with E-state index in [-0.39, 0.29) is 0 Å². The number of carbonyl (C=O) groups excluding carboxylic acids is 2. The lowest BCUT2D eigenvalue weighted by Gasteiger charge is -2.08. The summed E-state index contributed by atoms with van der Waals surface area (Å²) in [6, 6.07) is 35.4. The summed E-state index contributed by atoms with van der Waals surface area (Å²) in [6.07, 6.45) is 23.3. The van der Waals surface area contributed by atoms with E-state index < -0.39 is 11.9 Å². The number of esters is 2. The monoisotopic (exact) mass is 851 g/mol. The van der Waals surface area contributed by atoms with Crippen LogP contribution in [0.15, 0.2) is 137 Å². The van der Waals surface area contributed by atoms with Crippen molar-refractivity contribution in [2.45, 2.75) is 123 Å². The zero-order valence-electron chi connectivity index (χ0n) is 37.4. The van der Waals surface area contributed by atoms with Crippen LogP contribution in [0.4, 0.5) is 17.1 Å². The third-order valence-corrected chi connectivity index (χ3v) is 10.6. The van der Waals surface area contributed by atoms with Crippen LogP contribution in [0.3, 0.4) is 0 Å². The maximum atomic E-state index is 13.0. The van der Waals surface area contributed by atoms with Gasteiger partial charge in [-0.1, -0.05) is 122 Å². The van der Waals surface area contributed by atoms with Gasteiger partial charge in [0.2, 0.25) is 0 Å². The first-order valence-electron chi connectivity index (χ1n) is 23.1. The van der Waals surface area contributed by atoms with Gasteiger partial charge >= 0.3 is 11.9 Å². The van der Waals surface area contributed by atoms with Crippen molar-refractivity contribution in [1.82, 2.24) is 0 Å². The normalized spacial score (nSPS) is 11.3. The third-order valence-electron chi connectivity index (χ3n) is 10.6. The summed E-state index contributed by atoms with van der Waals surface area (Å²) in [7, 11) is 0. The van der Waals surface area contributed by atoms with E-state index >= 15 is 0 Å². The molecule has 0 amide bonds. The second kappa shape index (κ2) is 28.5. The van der Waals surface area contributed by atoms with Gasteiger partial charge in [-0.2, -0.15) is 10.2 Å². The van der Waals surface area contributed by atoms with Crippen LogP contribution in [0, 0.1) is 0 Å². The topological polar surface area (TPSA) is 108 Å². The number of hydrogen-bond acceptors (Lipinski definition) is 9. The zero-order valence-corrected chi connectivity index (χ0v) is 37.4. The van der Waals surface area contributed by atoms with E-state index in [2.05, 4.69) is 29.1 Å². The average molecular weight is 852 g/mol. The van der Waals surface area contributed by atoms with Crippen LogP contribution in [-0.4, -0.2) is 31.4 Å². The Labute approximate surface area is 375 Å². The fourth-order valence-electron chi connectivity index (χ4n) is 6.84. The summed E-state index contributed by atoms with van der Waals surface area (Å²) in [6.45, 7) is 5.88. The Morgan fingerprint density at radius 1 is 0.429 bits per heavy atom. The molecule has 5 aromatic rings. The minimum absolute atomic E-state index is 0.314. The first-order chi connectivity index (χ1) is 31.0. The van der Waals surface area contributed by atoms with Gasteiger partial charge in [-0.15, -0.1) is 0 Å². The maximum Gasteiger partial charge on any atom is 0.343 e. The number of benzene rings is 5. The molecule has 0 heterocycles. The van der Waals surface area contributed by atoms with Crippen molar-refractivity contribution in [1.29, 1.82) is 0 Å². The van der Waals surface area contributed by atoms with Gasteiger partial charge in [0.05, 0.1) is 41.4 Å². The second-order valence-corrected chi connectivity index (χ2v) is 15.9. The Hall–Kier alpha value is -6.09. The number of nitrogens with zero attached hydrogens (tertiary/aromatic N) is 3. The number of carbonyl (C=O) groups is 2. The van der Waals surface area contributed by atoms with Crippen LogP contribution in [0.5, 0.6) is 23.0 Å². The molecule has 0 spiro atoms. The molecule has 9 nitrogen and oxygen atoms in total. The average Bonchev–Trinajstić information content (AvgIpc) is 3.31. The molecular formula is C54H65N3O6. The first kappa shape index (κ1) is 48.0. The van der Waals surface area contributed by atoms with E-state index in [9.17, 15) is 9.59 Å². The highest BCUT2D eigenvalue weighted by molar-refractivity contribution is 5.93. The predicted octanol–water partition coefficient (Wildman–Crippen LogP) is 15.7. The van der Waals surface area contributed by atoms with Gasteiger partial charge in [0.15, 0.2) is 0 Å². The smallest absolute Gasteiger partial charge is 0.343 e. The highest BCUT2D eigenvalue weighted by Crippen LogP contribution is 2.25. The lowest BCUT2D eigenvalue weighted by Crippen LogP contribution is -2.10. The molecule has 0 radical (unpaired) electrons.